The Morgan fingerprint density at radius 3 is 2.12 bits per heavy atom. The van der Waals surface area contributed by atoms with Crippen molar-refractivity contribution in [1.82, 2.24) is 4.31 Å². The zero-order valence-corrected chi connectivity index (χ0v) is 21.4. The van der Waals surface area contributed by atoms with Crippen molar-refractivity contribution in [2.24, 2.45) is 0 Å². The molecule has 3 rings (SSSR count). The molecular weight excluding hydrogens is 503 g/mol. The number of hydrogen-bond acceptors (Lipinski definition) is 3. The summed E-state index contributed by atoms with van der Waals surface area (Å²) in [6.45, 7) is 3.51. The first-order valence-electron chi connectivity index (χ1n) is 10.0. The number of nitrogens with zero attached hydrogens (tertiary/aromatic N) is 2. The van der Waals surface area contributed by atoms with Crippen LogP contribution in [0.3, 0.4) is 0 Å². The normalized spacial score (nSPS) is 11.6. The fourth-order valence-electron chi connectivity index (χ4n) is 3.16. The number of carbonyl (C=O) groups is 1. The lowest BCUT2D eigenvalue weighted by molar-refractivity contribution is -0.118. The van der Waals surface area contributed by atoms with Crippen molar-refractivity contribution in [2.45, 2.75) is 25.3 Å². The summed E-state index contributed by atoms with van der Waals surface area (Å²) in [7, 11) is -2.39. The SMILES string of the molecule is Cc1ccc(N(C)C(=O)CN(Cc2ccc(Cl)c(Cl)c2)S(=O)(=O)c2ccc(Cl)cc2)cc1C. The fraction of sp³-hybridized carbons (Fsp3) is 0.208. The van der Waals surface area contributed by atoms with E-state index in [0.717, 1.165) is 15.4 Å². The van der Waals surface area contributed by atoms with Gasteiger partial charge < -0.3 is 4.90 Å². The van der Waals surface area contributed by atoms with Crippen molar-refractivity contribution in [3.05, 3.63) is 92.4 Å². The molecule has 5 nitrogen and oxygen atoms in total. The lowest BCUT2D eigenvalue weighted by atomic mass is 10.1. The van der Waals surface area contributed by atoms with Crippen molar-refractivity contribution in [3.8, 4) is 0 Å². The van der Waals surface area contributed by atoms with Crippen LogP contribution in [0.1, 0.15) is 16.7 Å². The molecule has 174 valence electrons. The summed E-state index contributed by atoms with van der Waals surface area (Å²) in [4.78, 5) is 14.6. The first kappa shape index (κ1) is 25.5. The van der Waals surface area contributed by atoms with Crippen molar-refractivity contribution in [1.29, 1.82) is 0 Å². The highest BCUT2D eigenvalue weighted by Gasteiger charge is 2.28. The van der Waals surface area contributed by atoms with Gasteiger partial charge >= 0.3 is 0 Å². The van der Waals surface area contributed by atoms with Crippen LogP contribution in [0, 0.1) is 13.8 Å². The van der Waals surface area contributed by atoms with Crippen molar-refractivity contribution < 1.29 is 13.2 Å². The van der Waals surface area contributed by atoms with E-state index in [1.165, 1.54) is 29.2 Å². The van der Waals surface area contributed by atoms with Crippen LogP contribution in [-0.2, 0) is 21.4 Å². The summed E-state index contributed by atoms with van der Waals surface area (Å²) in [5.74, 6) is -0.379. The molecule has 0 unspecified atom stereocenters. The zero-order chi connectivity index (χ0) is 24.3. The molecule has 0 aliphatic carbocycles. The van der Waals surface area contributed by atoms with Gasteiger partial charge in [0.05, 0.1) is 21.5 Å². The first-order valence-corrected chi connectivity index (χ1v) is 12.6. The molecule has 1 amide bonds. The smallest absolute Gasteiger partial charge is 0.243 e. The summed E-state index contributed by atoms with van der Waals surface area (Å²) in [5.41, 5.74) is 3.42. The minimum atomic E-state index is -4.01. The number of hydrogen-bond donors (Lipinski definition) is 0. The molecule has 0 radical (unpaired) electrons. The lowest BCUT2D eigenvalue weighted by Gasteiger charge is -2.25. The van der Waals surface area contributed by atoms with E-state index in [4.69, 9.17) is 34.8 Å². The Hall–Kier alpha value is -2.09. The topological polar surface area (TPSA) is 57.7 Å². The van der Waals surface area contributed by atoms with Gasteiger partial charge in [0, 0.05) is 24.3 Å². The second-order valence-corrected chi connectivity index (χ2v) is 10.9. The summed E-state index contributed by atoms with van der Waals surface area (Å²) in [6.07, 6.45) is 0. The molecule has 0 atom stereocenters. The number of carbonyl (C=O) groups excluding carboxylic acids is 1. The van der Waals surface area contributed by atoms with Crippen LogP contribution >= 0.6 is 34.8 Å². The fourth-order valence-corrected chi connectivity index (χ4v) is 4.98. The Labute approximate surface area is 209 Å². The Morgan fingerprint density at radius 1 is 0.848 bits per heavy atom. The average Bonchev–Trinajstić information content (AvgIpc) is 2.77. The quantitative estimate of drug-likeness (QED) is 0.373. The molecule has 9 heteroatoms. The predicted octanol–water partition coefficient (Wildman–Crippen LogP) is 6.12. The number of rotatable bonds is 7. The maximum Gasteiger partial charge on any atom is 0.243 e. The van der Waals surface area contributed by atoms with Gasteiger partial charge in [-0.15, -0.1) is 0 Å². The van der Waals surface area contributed by atoms with E-state index in [0.29, 0.717) is 26.3 Å². The highest BCUT2D eigenvalue weighted by Crippen LogP contribution is 2.26. The van der Waals surface area contributed by atoms with Gasteiger partial charge in [-0.3, -0.25) is 4.79 Å². The van der Waals surface area contributed by atoms with Crippen LogP contribution in [0.4, 0.5) is 5.69 Å². The third-order valence-corrected chi connectivity index (χ3v) is 8.15. The number of benzene rings is 3. The lowest BCUT2D eigenvalue weighted by Crippen LogP contribution is -2.41. The van der Waals surface area contributed by atoms with Crippen molar-refractivity contribution in [3.63, 3.8) is 0 Å². The van der Waals surface area contributed by atoms with Gasteiger partial charge in [0.15, 0.2) is 0 Å². The average molecular weight is 526 g/mol. The van der Waals surface area contributed by atoms with Gasteiger partial charge in [0.25, 0.3) is 0 Å². The minimum Gasteiger partial charge on any atom is -0.314 e. The maximum absolute atomic E-state index is 13.4. The molecule has 0 fully saturated rings. The van der Waals surface area contributed by atoms with Crippen LogP contribution in [0.5, 0.6) is 0 Å². The van der Waals surface area contributed by atoms with Crippen LogP contribution in [0.2, 0.25) is 15.1 Å². The highest BCUT2D eigenvalue weighted by atomic mass is 35.5. The third-order valence-electron chi connectivity index (χ3n) is 5.36. The van der Waals surface area contributed by atoms with Gasteiger partial charge in [0.1, 0.15) is 0 Å². The van der Waals surface area contributed by atoms with E-state index in [9.17, 15) is 13.2 Å². The van der Waals surface area contributed by atoms with Gasteiger partial charge in [-0.1, -0.05) is 46.9 Å². The monoisotopic (exact) mass is 524 g/mol. The molecule has 0 aliphatic rings. The molecule has 0 saturated heterocycles. The maximum atomic E-state index is 13.4. The molecular formula is C24H23Cl3N2O3S. The van der Waals surface area contributed by atoms with Gasteiger partial charge in [-0.25, -0.2) is 8.42 Å². The summed E-state index contributed by atoms with van der Waals surface area (Å²) in [6, 6.07) is 16.3. The van der Waals surface area contributed by atoms with Gasteiger partial charge in [-0.05, 0) is 79.1 Å². The molecule has 0 aromatic heterocycles. The van der Waals surface area contributed by atoms with Crippen LogP contribution in [0.25, 0.3) is 0 Å². The number of halogens is 3. The molecule has 0 N–H and O–H groups in total. The Morgan fingerprint density at radius 2 is 1.52 bits per heavy atom. The van der Waals surface area contributed by atoms with E-state index in [2.05, 4.69) is 0 Å². The number of amides is 1. The Balaban J connectivity index is 1.94. The van der Waals surface area contributed by atoms with Gasteiger partial charge in [0.2, 0.25) is 15.9 Å². The van der Waals surface area contributed by atoms with Crippen LogP contribution in [0.15, 0.2) is 65.6 Å². The Bertz CT molecular complexity index is 1280. The predicted molar refractivity (Wildman–Crippen MR) is 135 cm³/mol. The van der Waals surface area contributed by atoms with E-state index >= 15 is 0 Å². The number of aryl methyl sites for hydroxylation is 2. The molecule has 0 aliphatic heterocycles. The largest absolute Gasteiger partial charge is 0.314 e. The van der Waals surface area contributed by atoms with E-state index in [1.807, 2.05) is 32.0 Å². The van der Waals surface area contributed by atoms with Crippen molar-refractivity contribution >= 4 is 56.4 Å². The van der Waals surface area contributed by atoms with E-state index < -0.39 is 10.0 Å². The summed E-state index contributed by atoms with van der Waals surface area (Å²) < 4.78 is 28.0. The highest BCUT2D eigenvalue weighted by molar-refractivity contribution is 7.89. The standard InChI is InChI=1S/C24H23Cl3N2O3S/c1-16-4-8-20(12-17(16)2)28(3)24(30)15-29(14-18-5-11-22(26)23(27)13-18)33(31,32)21-9-6-19(25)7-10-21/h4-13H,14-15H2,1-3H3. The molecule has 3 aromatic carbocycles. The molecule has 3 aromatic rings. The first-order chi connectivity index (χ1) is 15.5. The number of sulfonamides is 1. The van der Waals surface area contributed by atoms with E-state index in [-0.39, 0.29) is 23.9 Å². The minimum absolute atomic E-state index is 0.0357. The second kappa shape index (κ2) is 10.5. The summed E-state index contributed by atoms with van der Waals surface area (Å²) >= 11 is 18.0. The van der Waals surface area contributed by atoms with Crippen LogP contribution < -0.4 is 4.90 Å². The Kier molecular flexibility index (Phi) is 8.08. The van der Waals surface area contributed by atoms with E-state index in [1.54, 1.807) is 25.2 Å². The molecule has 0 heterocycles. The van der Waals surface area contributed by atoms with Gasteiger partial charge in [-0.2, -0.15) is 4.31 Å². The molecule has 0 spiro atoms. The molecule has 0 saturated carbocycles. The van der Waals surface area contributed by atoms with Crippen LogP contribution in [-0.4, -0.2) is 32.2 Å². The molecule has 0 bridgehead atoms. The second-order valence-electron chi connectivity index (χ2n) is 7.70. The molecule has 33 heavy (non-hydrogen) atoms. The number of anilines is 1. The van der Waals surface area contributed by atoms with Crippen molar-refractivity contribution in [2.75, 3.05) is 18.5 Å². The third kappa shape index (κ3) is 6.08. The zero-order valence-electron chi connectivity index (χ0n) is 18.3. The number of likely N-dealkylation sites (N-methyl/N-ethyl adjacent to an activating group) is 1. The summed E-state index contributed by atoms with van der Waals surface area (Å²) in [5, 5.41) is 1.07.